The number of ether oxygens (including phenoxy) is 1. The average Bonchev–Trinajstić information content (AvgIpc) is 2.66. The van der Waals surface area contributed by atoms with Gasteiger partial charge in [0.2, 0.25) is 5.88 Å². The van der Waals surface area contributed by atoms with Crippen molar-refractivity contribution in [2.75, 3.05) is 18.5 Å². The predicted molar refractivity (Wildman–Crippen MR) is 101 cm³/mol. The van der Waals surface area contributed by atoms with Crippen LogP contribution in [0.2, 0.25) is 0 Å². The highest BCUT2D eigenvalue weighted by Gasteiger charge is 2.22. The summed E-state index contributed by atoms with van der Waals surface area (Å²) in [5.74, 6) is -1.24. The minimum Gasteiger partial charge on any atom is -0.478 e. The molecule has 2 amide bonds. The topological polar surface area (TPSA) is 143 Å². The Labute approximate surface area is 158 Å². The maximum Gasteiger partial charge on any atom is 0.335 e. The minimum absolute atomic E-state index is 0.0160. The van der Waals surface area contributed by atoms with Gasteiger partial charge in [0.05, 0.1) is 12.1 Å². The summed E-state index contributed by atoms with van der Waals surface area (Å²) in [6.45, 7) is 2.03. The molecule has 0 bridgehead atoms. The van der Waals surface area contributed by atoms with E-state index in [1.54, 1.807) is 31.2 Å². The molecule has 10 heteroatoms. The second-order valence-corrected chi connectivity index (χ2v) is 6.01. The molecule has 0 unspecified atom stereocenters. The number of carbonyl (C=O) groups excluding carboxylic acids is 1. The van der Waals surface area contributed by atoms with Gasteiger partial charge in [0, 0.05) is 12.2 Å². The molecule has 0 fully saturated rings. The van der Waals surface area contributed by atoms with E-state index in [2.05, 4.69) is 15.6 Å². The zero-order valence-electron chi connectivity index (χ0n) is 14.9. The van der Waals surface area contributed by atoms with Crippen LogP contribution in [0.5, 0.6) is 5.88 Å². The third kappa shape index (κ3) is 3.95. The second kappa shape index (κ2) is 7.82. The van der Waals surface area contributed by atoms with Crippen molar-refractivity contribution in [3.8, 4) is 5.88 Å². The summed E-state index contributed by atoms with van der Waals surface area (Å²) < 4.78 is 6.13. The summed E-state index contributed by atoms with van der Waals surface area (Å²) in [4.78, 5) is 50.0. The summed E-state index contributed by atoms with van der Waals surface area (Å²) in [6, 6.07) is 6.30. The molecular formula is C18H18N4O6. The van der Waals surface area contributed by atoms with Gasteiger partial charge in [0.25, 0.3) is 5.56 Å². The van der Waals surface area contributed by atoms with Gasteiger partial charge in [-0.15, -0.1) is 0 Å². The number of aromatic nitrogens is 2. The molecule has 0 spiro atoms. The number of fused-ring (bicyclic) bond motifs is 1. The van der Waals surface area contributed by atoms with E-state index in [0.717, 1.165) is 4.57 Å². The lowest BCUT2D eigenvalue weighted by Gasteiger charge is -2.16. The van der Waals surface area contributed by atoms with Gasteiger partial charge in [-0.3, -0.25) is 14.3 Å². The van der Waals surface area contributed by atoms with Crippen LogP contribution in [0.15, 0.2) is 39.4 Å². The number of rotatable bonds is 5. The summed E-state index contributed by atoms with van der Waals surface area (Å²) in [5, 5.41) is 14.3. The van der Waals surface area contributed by atoms with Crippen molar-refractivity contribution in [3.05, 3.63) is 61.8 Å². The Morgan fingerprint density at radius 3 is 2.61 bits per heavy atom. The van der Waals surface area contributed by atoms with Gasteiger partial charge in [-0.2, -0.15) is 0 Å². The molecule has 1 aliphatic heterocycles. The molecule has 0 radical (unpaired) electrons. The molecule has 0 saturated heterocycles. The number of aromatic amines is 1. The Morgan fingerprint density at radius 2 is 1.96 bits per heavy atom. The quantitative estimate of drug-likeness (QED) is 0.592. The molecule has 1 aliphatic rings. The van der Waals surface area contributed by atoms with Gasteiger partial charge in [0.15, 0.2) is 0 Å². The van der Waals surface area contributed by atoms with E-state index in [1.807, 2.05) is 0 Å². The number of amides is 2. The van der Waals surface area contributed by atoms with E-state index in [9.17, 15) is 19.2 Å². The first-order chi connectivity index (χ1) is 13.4. The van der Waals surface area contributed by atoms with Gasteiger partial charge >= 0.3 is 17.7 Å². The lowest BCUT2D eigenvalue weighted by molar-refractivity contribution is -0.132. The normalized spacial score (nSPS) is 12.4. The Morgan fingerprint density at radius 1 is 1.25 bits per heavy atom. The van der Waals surface area contributed by atoms with Crippen LogP contribution in [0.4, 0.5) is 10.5 Å². The fourth-order valence-corrected chi connectivity index (χ4v) is 2.65. The molecule has 0 saturated carbocycles. The number of carboxylic acid groups (broad SMARTS) is 1. The molecule has 4 N–H and O–H groups in total. The second-order valence-electron chi connectivity index (χ2n) is 6.01. The predicted octanol–water partition coefficient (Wildman–Crippen LogP) is 0.587. The molecule has 146 valence electrons. The van der Waals surface area contributed by atoms with Gasteiger partial charge in [-0.1, -0.05) is 12.1 Å². The number of benzene rings is 1. The third-order valence-corrected chi connectivity index (χ3v) is 4.04. The average molecular weight is 386 g/mol. The number of nitrogens with zero attached hydrogens (tertiary/aromatic N) is 1. The number of carbonyl (C=O) groups is 2. The van der Waals surface area contributed by atoms with Gasteiger partial charge in [0.1, 0.15) is 12.2 Å². The zero-order chi connectivity index (χ0) is 20.3. The monoisotopic (exact) mass is 386 g/mol. The molecule has 0 atom stereocenters. The smallest absolute Gasteiger partial charge is 0.335 e. The Balaban J connectivity index is 1.87. The number of hydrogen-bond donors (Lipinski definition) is 4. The Bertz CT molecular complexity index is 1060. The van der Waals surface area contributed by atoms with Crippen molar-refractivity contribution in [2.24, 2.45) is 0 Å². The lowest BCUT2D eigenvalue weighted by Crippen LogP contribution is -2.38. The highest BCUT2D eigenvalue weighted by molar-refractivity contribution is 5.93. The number of urea groups is 1. The Hall–Kier alpha value is -3.82. The van der Waals surface area contributed by atoms with Gasteiger partial charge < -0.3 is 20.5 Å². The van der Waals surface area contributed by atoms with Crippen LogP contribution in [0.1, 0.15) is 18.1 Å². The first-order valence-corrected chi connectivity index (χ1v) is 8.46. The Kier molecular flexibility index (Phi) is 5.30. The van der Waals surface area contributed by atoms with Crippen LogP contribution in [0.3, 0.4) is 0 Å². The molecule has 1 aromatic carbocycles. The maximum absolute atomic E-state index is 12.7. The molecule has 2 aromatic rings. The fourth-order valence-electron chi connectivity index (χ4n) is 2.65. The number of anilines is 1. The molecule has 2 heterocycles. The highest BCUT2D eigenvalue weighted by Crippen LogP contribution is 2.19. The van der Waals surface area contributed by atoms with E-state index in [1.165, 1.54) is 6.08 Å². The van der Waals surface area contributed by atoms with Crippen LogP contribution in [-0.4, -0.2) is 39.8 Å². The van der Waals surface area contributed by atoms with E-state index >= 15 is 0 Å². The van der Waals surface area contributed by atoms with Crippen LogP contribution in [-0.2, 0) is 11.3 Å². The van der Waals surface area contributed by atoms with Crippen LogP contribution < -0.4 is 26.6 Å². The molecule has 1 aromatic heterocycles. The van der Waals surface area contributed by atoms with Crippen molar-refractivity contribution in [3.63, 3.8) is 0 Å². The van der Waals surface area contributed by atoms with E-state index < -0.39 is 17.2 Å². The lowest BCUT2D eigenvalue weighted by atomic mass is 10.1. The SMILES string of the molecule is CCNC(=O)Nc1ccc(Cn2c(=O)[nH]c3c(c2=O)C=C(C(=O)O)CO3)cc1. The van der Waals surface area contributed by atoms with Crippen molar-refractivity contribution in [1.82, 2.24) is 14.9 Å². The van der Waals surface area contributed by atoms with Crippen molar-refractivity contribution in [1.29, 1.82) is 0 Å². The zero-order valence-corrected chi connectivity index (χ0v) is 14.9. The van der Waals surface area contributed by atoms with E-state index in [0.29, 0.717) is 17.8 Å². The maximum atomic E-state index is 12.7. The highest BCUT2D eigenvalue weighted by atomic mass is 16.5. The van der Waals surface area contributed by atoms with Crippen LogP contribution in [0, 0.1) is 0 Å². The van der Waals surface area contributed by atoms with E-state index in [-0.39, 0.29) is 36.2 Å². The largest absolute Gasteiger partial charge is 0.478 e. The molecule has 3 rings (SSSR count). The molecule has 0 aliphatic carbocycles. The molecule has 10 nitrogen and oxygen atoms in total. The summed E-state index contributed by atoms with van der Waals surface area (Å²) in [6.07, 6.45) is 1.20. The number of carboxylic acids is 1. The molecular weight excluding hydrogens is 368 g/mol. The van der Waals surface area contributed by atoms with Crippen LogP contribution in [0.25, 0.3) is 6.08 Å². The standard InChI is InChI=1S/C18H18N4O6/c1-2-19-17(26)20-12-5-3-10(4-6-12)8-22-15(23)13-7-11(16(24)25)9-28-14(13)21-18(22)27/h3-7H,2,8-9H2,1H3,(H,21,27)(H,24,25)(H2,19,20,26). The van der Waals surface area contributed by atoms with E-state index in [4.69, 9.17) is 9.84 Å². The van der Waals surface area contributed by atoms with Crippen LogP contribution >= 0.6 is 0 Å². The summed E-state index contributed by atoms with van der Waals surface area (Å²) >= 11 is 0. The van der Waals surface area contributed by atoms with Crippen molar-refractivity contribution in [2.45, 2.75) is 13.5 Å². The van der Waals surface area contributed by atoms with Gasteiger partial charge in [-0.05, 0) is 30.7 Å². The summed E-state index contributed by atoms with van der Waals surface area (Å²) in [5.41, 5.74) is -0.207. The first-order valence-electron chi connectivity index (χ1n) is 8.46. The first kappa shape index (κ1) is 19.0. The number of H-pyrrole nitrogens is 1. The summed E-state index contributed by atoms with van der Waals surface area (Å²) in [7, 11) is 0. The number of hydrogen-bond acceptors (Lipinski definition) is 5. The van der Waals surface area contributed by atoms with Crippen molar-refractivity contribution < 1.29 is 19.4 Å². The van der Waals surface area contributed by atoms with Crippen molar-refractivity contribution >= 4 is 23.8 Å². The fraction of sp³-hybridized carbons (Fsp3) is 0.222. The third-order valence-electron chi connectivity index (χ3n) is 4.04. The number of aliphatic carboxylic acids is 1. The number of nitrogens with one attached hydrogen (secondary N) is 3. The van der Waals surface area contributed by atoms with Gasteiger partial charge in [-0.25, -0.2) is 14.4 Å². The molecule has 28 heavy (non-hydrogen) atoms. The minimum atomic E-state index is -1.20.